The smallest absolute Gasteiger partial charge is 0.317 e. The van der Waals surface area contributed by atoms with E-state index in [2.05, 4.69) is 41.4 Å². The molecule has 4 nitrogen and oxygen atoms in total. The fraction of sp³-hybridized carbons (Fsp3) is 0.350. The fourth-order valence-electron chi connectivity index (χ4n) is 3.21. The Balaban J connectivity index is 1.46. The molecule has 138 valence electrons. The Labute approximate surface area is 164 Å². The Kier molecular flexibility index (Phi) is 6.28. The number of benzene rings is 2. The predicted molar refractivity (Wildman–Crippen MR) is 109 cm³/mol. The van der Waals surface area contributed by atoms with E-state index in [0.717, 1.165) is 31.7 Å². The van der Waals surface area contributed by atoms with E-state index in [1.165, 1.54) is 11.3 Å². The van der Waals surface area contributed by atoms with E-state index in [9.17, 15) is 4.79 Å². The molecule has 26 heavy (non-hydrogen) atoms. The van der Waals surface area contributed by atoms with Gasteiger partial charge in [0, 0.05) is 48.5 Å². The van der Waals surface area contributed by atoms with Crippen LogP contribution in [0.5, 0.6) is 0 Å². The van der Waals surface area contributed by atoms with Gasteiger partial charge in [0.2, 0.25) is 0 Å². The molecule has 1 saturated heterocycles. The third-order valence-corrected chi connectivity index (χ3v) is 5.30. The van der Waals surface area contributed by atoms with Crippen molar-refractivity contribution in [3.63, 3.8) is 0 Å². The van der Waals surface area contributed by atoms with E-state index in [4.69, 9.17) is 23.2 Å². The maximum Gasteiger partial charge on any atom is 0.317 e. The van der Waals surface area contributed by atoms with Gasteiger partial charge in [-0.2, -0.15) is 0 Å². The lowest BCUT2D eigenvalue weighted by Crippen LogP contribution is -2.52. The normalized spacial score (nSPS) is 14.4. The van der Waals surface area contributed by atoms with Gasteiger partial charge in [0.05, 0.1) is 0 Å². The molecule has 6 heteroatoms. The highest BCUT2D eigenvalue weighted by Crippen LogP contribution is 2.22. The van der Waals surface area contributed by atoms with Crippen molar-refractivity contribution in [3.8, 4) is 0 Å². The molecule has 1 fully saturated rings. The summed E-state index contributed by atoms with van der Waals surface area (Å²) in [5.41, 5.74) is 3.51. The monoisotopic (exact) mass is 391 g/mol. The number of nitrogens with zero attached hydrogens (tertiary/aromatic N) is 2. The lowest BCUT2D eigenvalue weighted by atomic mass is 10.1. The lowest BCUT2D eigenvalue weighted by Gasteiger charge is -2.36. The number of carbonyl (C=O) groups excluding carboxylic acids is 1. The molecule has 3 rings (SSSR count). The molecule has 2 amide bonds. The van der Waals surface area contributed by atoms with Gasteiger partial charge in [-0.15, -0.1) is 0 Å². The number of hydrogen-bond acceptors (Lipinski definition) is 2. The summed E-state index contributed by atoms with van der Waals surface area (Å²) >= 11 is 12.1. The third kappa shape index (κ3) is 4.63. The number of nitrogens with one attached hydrogen (secondary N) is 1. The van der Waals surface area contributed by atoms with E-state index in [1.807, 2.05) is 17.0 Å². The Morgan fingerprint density at radius 2 is 1.81 bits per heavy atom. The van der Waals surface area contributed by atoms with Gasteiger partial charge >= 0.3 is 6.03 Å². The van der Waals surface area contributed by atoms with Crippen LogP contribution in [0.3, 0.4) is 0 Å². The summed E-state index contributed by atoms with van der Waals surface area (Å²) in [6.07, 6.45) is 0.685. The number of urea groups is 1. The largest absolute Gasteiger partial charge is 0.368 e. The quantitative estimate of drug-likeness (QED) is 0.839. The Hall–Kier alpha value is -1.91. The van der Waals surface area contributed by atoms with Crippen molar-refractivity contribution in [2.45, 2.75) is 13.3 Å². The molecule has 0 radical (unpaired) electrons. The second-order valence-corrected chi connectivity index (χ2v) is 7.32. The molecule has 0 aliphatic carbocycles. The number of para-hydroxylation sites is 1. The average Bonchev–Trinajstić information content (AvgIpc) is 2.64. The number of halogens is 2. The van der Waals surface area contributed by atoms with Gasteiger partial charge in [0.15, 0.2) is 0 Å². The SMILES string of the molecule is Cc1ccccc1N1CCN(C(=O)NCCc2ccc(Cl)cc2Cl)CC1. The summed E-state index contributed by atoms with van der Waals surface area (Å²) in [7, 11) is 0. The van der Waals surface area contributed by atoms with Crippen LogP contribution in [-0.2, 0) is 6.42 Å². The molecule has 0 bridgehead atoms. The van der Waals surface area contributed by atoms with Crippen LogP contribution < -0.4 is 10.2 Å². The molecule has 1 aliphatic rings. The molecule has 0 saturated carbocycles. The first-order valence-electron chi connectivity index (χ1n) is 8.82. The van der Waals surface area contributed by atoms with Crippen molar-refractivity contribution >= 4 is 34.9 Å². The highest BCUT2D eigenvalue weighted by molar-refractivity contribution is 6.35. The van der Waals surface area contributed by atoms with E-state index in [1.54, 1.807) is 6.07 Å². The van der Waals surface area contributed by atoms with Crippen molar-refractivity contribution in [2.75, 3.05) is 37.6 Å². The van der Waals surface area contributed by atoms with Crippen LogP contribution in [-0.4, -0.2) is 43.7 Å². The van der Waals surface area contributed by atoms with E-state index in [0.29, 0.717) is 23.0 Å². The molecule has 1 heterocycles. The van der Waals surface area contributed by atoms with Crippen LogP contribution in [0.1, 0.15) is 11.1 Å². The Morgan fingerprint density at radius 1 is 1.08 bits per heavy atom. The van der Waals surface area contributed by atoms with Gasteiger partial charge < -0.3 is 15.1 Å². The van der Waals surface area contributed by atoms with Crippen molar-refractivity contribution < 1.29 is 4.79 Å². The standard InChI is InChI=1S/C20H23Cl2N3O/c1-15-4-2-3-5-19(15)24-10-12-25(13-11-24)20(26)23-9-8-16-6-7-17(21)14-18(16)22/h2-7,14H,8-13H2,1H3,(H,23,26). The topological polar surface area (TPSA) is 35.6 Å². The Morgan fingerprint density at radius 3 is 2.50 bits per heavy atom. The minimum Gasteiger partial charge on any atom is -0.368 e. The molecular formula is C20H23Cl2N3O. The summed E-state index contributed by atoms with van der Waals surface area (Å²) in [5, 5.41) is 4.24. The number of hydrogen-bond donors (Lipinski definition) is 1. The van der Waals surface area contributed by atoms with Gasteiger partial charge in [-0.25, -0.2) is 4.79 Å². The van der Waals surface area contributed by atoms with Gasteiger partial charge in [-0.3, -0.25) is 0 Å². The minimum absolute atomic E-state index is 0.0143. The molecular weight excluding hydrogens is 369 g/mol. The average molecular weight is 392 g/mol. The maximum atomic E-state index is 12.4. The first-order chi connectivity index (χ1) is 12.5. The van der Waals surface area contributed by atoms with E-state index >= 15 is 0 Å². The first-order valence-corrected chi connectivity index (χ1v) is 9.57. The van der Waals surface area contributed by atoms with Crippen molar-refractivity contribution in [1.82, 2.24) is 10.2 Å². The zero-order valence-electron chi connectivity index (χ0n) is 14.8. The number of amides is 2. The van der Waals surface area contributed by atoms with E-state index < -0.39 is 0 Å². The number of rotatable bonds is 4. The number of anilines is 1. The van der Waals surface area contributed by atoms with Crippen LogP contribution in [0.4, 0.5) is 10.5 Å². The van der Waals surface area contributed by atoms with Gasteiger partial charge in [0.1, 0.15) is 0 Å². The molecule has 0 atom stereocenters. The number of piperazine rings is 1. The van der Waals surface area contributed by atoms with Crippen LogP contribution in [0, 0.1) is 6.92 Å². The number of aryl methyl sites for hydroxylation is 1. The van der Waals surface area contributed by atoms with Crippen LogP contribution in [0.15, 0.2) is 42.5 Å². The highest BCUT2D eigenvalue weighted by Gasteiger charge is 2.21. The highest BCUT2D eigenvalue weighted by atomic mass is 35.5. The summed E-state index contributed by atoms with van der Waals surface area (Å²) in [6.45, 7) is 5.82. The molecule has 0 spiro atoms. The molecule has 0 aromatic heterocycles. The summed E-state index contributed by atoms with van der Waals surface area (Å²) in [5.74, 6) is 0. The fourth-order valence-corrected chi connectivity index (χ4v) is 3.71. The van der Waals surface area contributed by atoms with Crippen LogP contribution >= 0.6 is 23.2 Å². The van der Waals surface area contributed by atoms with Crippen LogP contribution in [0.25, 0.3) is 0 Å². The van der Waals surface area contributed by atoms with Crippen molar-refractivity contribution in [1.29, 1.82) is 0 Å². The second-order valence-electron chi connectivity index (χ2n) is 6.48. The lowest BCUT2D eigenvalue weighted by molar-refractivity contribution is 0.194. The van der Waals surface area contributed by atoms with Gasteiger partial charge in [0.25, 0.3) is 0 Å². The summed E-state index contributed by atoms with van der Waals surface area (Å²) in [4.78, 5) is 16.6. The molecule has 2 aromatic carbocycles. The molecule has 1 N–H and O–H groups in total. The second kappa shape index (κ2) is 8.65. The minimum atomic E-state index is -0.0143. The molecule has 2 aromatic rings. The maximum absolute atomic E-state index is 12.4. The summed E-state index contributed by atoms with van der Waals surface area (Å²) < 4.78 is 0. The number of carbonyl (C=O) groups is 1. The van der Waals surface area contributed by atoms with E-state index in [-0.39, 0.29) is 6.03 Å². The molecule has 1 aliphatic heterocycles. The predicted octanol–water partition coefficient (Wildman–Crippen LogP) is 4.38. The Bertz CT molecular complexity index is 773. The molecule has 0 unspecified atom stereocenters. The van der Waals surface area contributed by atoms with Gasteiger partial charge in [-0.1, -0.05) is 47.5 Å². The zero-order chi connectivity index (χ0) is 18.5. The zero-order valence-corrected chi connectivity index (χ0v) is 16.4. The van der Waals surface area contributed by atoms with Crippen molar-refractivity contribution in [3.05, 3.63) is 63.6 Å². The van der Waals surface area contributed by atoms with Crippen LogP contribution in [0.2, 0.25) is 10.0 Å². The van der Waals surface area contributed by atoms with Gasteiger partial charge in [-0.05, 0) is 42.7 Å². The summed E-state index contributed by atoms with van der Waals surface area (Å²) in [6, 6.07) is 13.8. The van der Waals surface area contributed by atoms with Crippen molar-refractivity contribution in [2.24, 2.45) is 0 Å². The first kappa shape index (κ1) is 18.9. The third-order valence-electron chi connectivity index (χ3n) is 4.71.